The molecular weight excluding hydrogens is 536 g/mol. The molecule has 12 heteroatoms. The number of phenols is 1. The molecule has 216 valence electrons. The van der Waals surface area contributed by atoms with Gasteiger partial charge < -0.3 is 35.6 Å². The highest BCUT2D eigenvalue weighted by atomic mass is 16.6. The summed E-state index contributed by atoms with van der Waals surface area (Å²) >= 11 is 0. The number of benzene rings is 2. The molecule has 3 aliphatic carbocycles. The second-order valence-corrected chi connectivity index (χ2v) is 10.7. The van der Waals surface area contributed by atoms with Gasteiger partial charge in [-0.2, -0.15) is 0 Å². The van der Waals surface area contributed by atoms with Gasteiger partial charge in [-0.15, -0.1) is 0 Å². The molecule has 8 atom stereocenters. The van der Waals surface area contributed by atoms with Crippen LogP contribution in [0.25, 0.3) is 0 Å². The first-order valence-corrected chi connectivity index (χ1v) is 13.0. The number of allylic oxidation sites excluding steroid dienone is 1. The highest BCUT2D eigenvalue weighted by Gasteiger charge is 2.60. The van der Waals surface area contributed by atoms with Crippen molar-refractivity contribution in [2.24, 2.45) is 35.3 Å². The second kappa shape index (κ2) is 10.2. The van der Waals surface area contributed by atoms with Gasteiger partial charge in [-0.05, 0) is 47.7 Å². The monoisotopic (exact) mass is 566 g/mol. The van der Waals surface area contributed by atoms with Crippen molar-refractivity contribution >= 4 is 29.3 Å². The lowest BCUT2D eigenvalue weighted by Crippen LogP contribution is -2.60. The number of ketones is 2. The first-order chi connectivity index (χ1) is 19.4. The molecule has 0 spiro atoms. The molecule has 0 saturated heterocycles. The molecule has 0 bridgehead atoms. The van der Waals surface area contributed by atoms with E-state index in [1.54, 1.807) is 26.0 Å². The van der Waals surface area contributed by atoms with Crippen molar-refractivity contribution in [3.63, 3.8) is 0 Å². The van der Waals surface area contributed by atoms with Gasteiger partial charge in [0.1, 0.15) is 23.2 Å². The Morgan fingerprint density at radius 2 is 1.59 bits per heavy atom. The van der Waals surface area contributed by atoms with E-state index in [0.29, 0.717) is 11.3 Å². The Balaban J connectivity index is 1.51. The molecule has 3 aliphatic rings. The topological polar surface area (TPSA) is 206 Å². The predicted octanol–water partition coefficient (Wildman–Crippen LogP) is 2.03. The average Bonchev–Trinajstić information content (AvgIpc) is 2.92. The van der Waals surface area contributed by atoms with Gasteiger partial charge in [0.25, 0.3) is 0 Å². The first-order valence-electron chi connectivity index (χ1n) is 13.0. The van der Waals surface area contributed by atoms with E-state index in [2.05, 4.69) is 5.32 Å². The van der Waals surface area contributed by atoms with Crippen molar-refractivity contribution in [1.29, 1.82) is 0 Å². The molecule has 2 aromatic rings. The zero-order valence-electron chi connectivity index (χ0n) is 22.4. The van der Waals surface area contributed by atoms with Crippen molar-refractivity contribution in [3.05, 3.63) is 58.9 Å². The van der Waals surface area contributed by atoms with Crippen LogP contribution in [0, 0.1) is 29.6 Å². The standard InChI is InChI=1S/C29H30N2O10/c1-10-14-8-9-15(31-29(39)41-13-6-4-12(40-3)5-7-13)23(33)18(14)25(35)19-16(10)24(34)17-11(2)22(32)21(28(30)38)27(37)20(17)26(19)36/h4-11,16-17,20-22,24,32-34,36H,1-3H3,(H2,30,38)(H,31,39)/t10-,11-,16?,17?,20?,21?,22?,24-/m0/s1. The number of hydrogen-bond donors (Lipinski definition) is 6. The maximum atomic E-state index is 13.8. The number of carbonyl (C=O) groups excluding carboxylic acids is 4. The number of amides is 2. The lowest BCUT2D eigenvalue weighted by atomic mass is 9.54. The number of aromatic hydroxyl groups is 1. The van der Waals surface area contributed by atoms with Gasteiger partial charge in [0.15, 0.2) is 17.3 Å². The minimum Gasteiger partial charge on any atom is -0.511 e. The number of nitrogens with two attached hydrogens (primary N) is 1. The molecule has 0 aliphatic heterocycles. The number of aliphatic hydroxyl groups is 3. The van der Waals surface area contributed by atoms with Gasteiger partial charge in [0, 0.05) is 17.4 Å². The molecule has 5 unspecified atom stereocenters. The number of fused-ring (bicyclic) bond motifs is 3. The Hall–Kier alpha value is -4.42. The fourth-order valence-electron chi connectivity index (χ4n) is 6.62. The third-order valence-corrected chi connectivity index (χ3v) is 8.68. The average molecular weight is 567 g/mol. The molecule has 7 N–H and O–H groups in total. The molecule has 41 heavy (non-hydrogen) atoms. The van der Waals surface area contributed by atoms with Crippen LogP contribution in [0.1, 0.15) is 35.7 Å². The van der Waals surface area contributed by atoms with Crippen molar-refractivity contribution < 1.29 is 49.1 Å². The lowest BCUT2D eigenvalue weighted by molar-refractivity contribution is -0.158. The molecule has 2 amide bonds. The van der Waals surface area contributed by atoms with E-state index in [0.717, 1.165) is 0 Å². The normalized spacial score (nSPS) is 30.6. The number of ether oxygens (including phenoxy) is 2. The number of aliphatic hydroxyl groups excluding tert-OH is 3. The largest absolute Gasteiger partial charge is 0.511 e. The molecule has 0 heterocycles. The zero-order chi connectivity index (χ0) is 29.9. The Labute approximate surface area is 234 Å². The quantitative estimate of drug-likeness (QED) is 0.234. The SMILES string of the molecule is COc1ccc(OC(=O)Nc2ccc3c(c2O)C(=O)C2=C(O)C4C(=O)C(C(N)=O)C(O)[C@@H](C)C4[C@@H](O)C2[C@H]3C)cc1. The van der Waals surface area contributed by atoms with E-state index in [9.17, 15) is 39.6 Å². The third-order valence-electron chi connectivity index (χ3n) is 8.68. The van der Waals surface area contributed by atoms with Gasteiger partial charge >= 0.3 is 6.09 Å². The number of phenolic OH excluding ortho intramolecular Hbond substituents is 1. The zero-order valence-corrected chi connectivity index (χ0v) is 22.4. The Morgan fingerprint density at radius 3 is 2.20 bits per heavy atom. The number of primary amides is 1. The molecule has 1 saturated carbocycles. The second-order valence-electron chi connectivity index (χ2n) is 10.7. The summed E-state index contributed by atoms with van der Waals surface area (Å²) < 4.78 is 10.3. The summed E-state index contributed by atoms with van der Waals surface area (Å²) in [7, 11) is 1.49. The van der Waals surface area contributed by atoms with Crippen LogP contribution in [-0.4, -0.2) is 63.3 Å². The molecule has 5 rings (SSSR count). The Morgan fingerprint density at radius 1 is 0.951 bits per heavy atom. The summed E-state index contributed by atoms with van der Waals surface area (Å²) in [5.41, 5.74) is 5.09. The third kappa shape index (κ3) is 4.30. The Bertz CT molecular complexity index is 1480. The van der Waals surface area contributed by atoms with Crippen LogP contribution >= 0.6 is 0 Å². The van der Waals surface area contributed by atoms with E-state index < -0.39 is 82.8 Å². The van der Waals surface area contributed by atoms with Crippen LogP contribution in [0.3, 0.4) is 0 Å². The lowest BCUT2D eigenvalue weighted by Gasteiger charge is -2.51. The van der Waals surface area contributed by atoms with Crippen LogP contribution in [-0.2, 0) is 9.59 Å². The van der Waals surface area contributed by atoms with Crippen molar-refractivity contribution in [2.75, 3.05) is 12.4 Å². The number of Topliss-reactive ketones (excluding diaryl/α,β-unsaturated/α-hetero) is 2. The van der Waals surface area contributed by atoms with E-state index in [4.69, 9.17) is 15.2 Å². The van der Waals surface area contributed by atoms with E-state index in [-0.39, 0.29) is 22.6 Å². The summed E-state index contributed by atoms with van der Waals surface area (Å²) in [5.74, 6) is -9.74. The summed E-state index contributed by atoms with van der Waals surface area (Å²) in [6.07, 6.45) is -3.77. The van der Waals surface area contributed by atoms with Crippen LogP contribution in [0.5, 0.6) is 17.2 Å². The van der Waals surface area contributed by atoms with Crippen molar-refractivity contribution in [2.45, 2.75) is 32.0 Å². The maximum absolute atomic E-state index is 13.8. The predicted molar refractivity (Wildman–Crippen MR) is 142 cm³/mol. The van der Waals surface area contributed by atoms with Gasteiger partial charge in [-0.3, -0.25) is 19.7 Å². The van der Waals surface area contributed by atoms with Crippen molar-refractivity contribution in [1.82, 2.24) is 0 Å². The number of rotatable bonds is 4. The van der Waals surface area contributed by atoms with Gasteiger partial charge in [0.2, 0.25) is 5.91 Å². The van der Waals surface area contributed by atoms with Crippen LogP contribution in [0.2, 0.25) is 0 Å². The summed E-state index contributed by atoms with van der Waals surface area (Å²) in [6.45, 7) is 3.24. The van der Waals surface area contributed by atoms with Gasteiger partial charge in [-0.25, -0.2) is 4.79 Å². The van der Waals surface area contributed by atoms with Gasteiger partial charge in [-0.1, -0.05) is 19.9 Å². The van der Waals surface area contributed by atoms with Crippen LogP contribution in [0.4, 0.5) is 10.5 Å². The highest BCUT2D eigenvalue weighted by Crippen LogP contribution is 2.55. The maximum Gasteiger partial charge on any atom is 0.417 e. The summed E-state index contributed by atoms with van der Waals surface area (Å²) in [4.78, 5) is 51.6. The van der Waals surface area contributed by atoms with E-state index in [1.807, 2.05) is 0 Å². The van der Waals surface area contributed by atoms with E-state index in [1.165, 1.54) is 31.4 Å². The molecular formula is C29H30N2O10. The number of carbonyl (C=O) groups is 4. The van der Waals surface area contributed by atoms with Crippen LogP contribution in [0.15, 0.2) is 47.7 Å². The number of methoxy groups -OCH3 is 1. The highest BCUT2D eigenvalue weighted by molar-refractivity contribution is 6.16. The molecule has 12 nitrogen and oxygen atoms in total. The summed E-state index contributed by atoms with van der Waals surface area (Å²) in [5, 5.41) is 46.9. The summed E-state index contributed by atoms with van der Waals surface area (Å²) in [6, 6.07) is 9.07. The molecule has 0 aromatic heterocycles. The minimum atomic E-state index is -1.62. The smallest absolute Gasteiger partial charge is 0.417 e. The number of nitrogens with one attached hydrogen (secondary N) is 1. The Kier molecular flexibility index (Phi) is 7.00. The number of anilines is 1. The number of hydrogen-bond acceptors (Lipinski definition) is 10. The molecule has 0 radical (unpaired) electrons. The van der Waals surface area contributed by atoms with Crippen LogP contribution < -0.4 is 20.5 Å². The minimum absolute atomic E-state index is 0.144. The first kappa shape index (κ1) is 28.1. The molecule has 2 aromatic carbocycles. The van der Waals surface area contributed by atoms with Crippen molar-refractivity contribution in [3.8, 4) is 17.2 Å². The molecule has 1 fully saturated rings. The van der Waals surface area contributed by atoms with Gasteiger partial charge in [0.05, 0.1) is 36.5 Å². The van der Waals surface area contributed by atoms with E-state index >= 15 is 0 Å². The fraction of sp³-hybridized carbons (Fsp3) is 0.379. The fourth-order valence-corrected chi connectivity index (χ4v) is 6.62.